The number of nitrogens with one attached hydrogen (secondary N) is 1. The van der Waals surface area contributed by atoms with E-state index in [1.165, 1.54) is 0 Å². The van der Waals surface area contributed by atoms with Crippen LogP contribution in [0.25, 0.3) is 0 Å². The van der Waals surface area contributed by atoms with Crippen molar-refractivity contribution in [1.82, 2.24) is 5.32 Å². The van der Waals surface area contributed by atoms with E-state index in [1.54, 1.807) is 13.4 Å². The molecule has 1 fully saturated rings. The third-order valence-corrected chi connectivity index (χ3v) is 2.99. The first-order valence-electron chi connectivity index (χ1n) is 5.42. The minimum absolute atomic E-state index is 0.0806. The van der Waals surface area contributed by atoms with E-state index in [1.807, 2.05) is 0 Å². The number of hydrogen-bond donors (Lipinski definition) is 1. The third kappa shape index (κ3) is 2.38. The van der Waals surface area contributed by atoms with E-state index in [0.717, 1.165) is 38.0 Å². The molecular formula is C11H17NO3. The summed E-state index contributed by atoms with van der Waals surface area (Å²) in [6.07, 6.45) is 4.34. The summed E-state index contributed by atoms with van der Waals surface area (Å²) >= 11 is 0. The Morgan fingerprint density at radius 2 is 2.53 bits per heavy atom. The van der Waals surface area contributed by atoms with Crippen LogP contribution in [0.4, 0.5) is 0 Å². The molecule has 0 saturated carbocycles. The molecule has 0 aromatic rings. The highest BCUT2D eigenvalue weighted by Crippen LogP contribution is 2.19. The summed E-state index contributed by atoms with van der Waals surface area (Å²) in [6, 6.07) is -0.0806. The molecule has 0 bridgehead atoms. The maximum atomic E-state index is 12.0. The summed E-state index contributed by atoms with van der Waals surface area (Å²) in [5.74, 6) is 0.175. The topological polar surface area (TPSA) is 47.6 Å². The molecule has 0 aromatic heterocycles. The van der Waals surface area contributed by atoms with Gasteiger partial charge in [-0.1, -0.05) is 0 Å². The normalized spacial score (nSPS) is 30.9. The molecule has 2 unspecified atom stereocenters. The molecule has 1 saturated heterocycles. The third-order valence-electron chi connectivity index (χ3n) is 2.99. The SMILES string of the molecule is COC1CNC(C(=O)C2=COCCC2)C1. The Balaban J connectivity index is 1.93. The fourth-order valence-corrected chi connectivity index (χ4v) is 2.05. The summed E-state index contributed by atoms with van der Waals surface area (Å²) < 4.78 is 10.4. The van der Waals surface area contributed by atoms with Crippen molar-refractivity contribution in [2.75, 3.05) is 20.3 Å². The van der Waals surface area contributed by atoms with E-state index in [-0.39, 0.29) is 17.9 Å². The number of rotatable bonds is 3. The molecule has 4 heteroatoms. The maximum absolute atomic E-state index is 12.0. The number of ether oxygens (including phenoxy) is 2. The van der Waals surface area contributed by atoms with Crippen molar-refractivity contribution in [1.29, 1.82) is 0 Å². The van der Waals surface area contributed by atoms with Crippen molar-refractivity contribution in [3.8, 4) is 0 Å². The number of carbonyl (C=O) groups excluding carboxylic acids is 1. The van der Waals surface area contributed by atoms with Crippen molar-refractivity contribution in [2.45, 2.75) is 31.4 Å². The highest BCUT2D eigenvalue weighted by atomic mass is 16.5. The van der Waals surface area contributed by atoms with Gasteiger partial charge in [0.15, 0.2) is 5.78 Å². The smallest absolute Gasteiger partial charge is 0.178 e. The number of carbonyl (C=O) groups is 1. The molecule has 2 aliphatic heterocycles. The number of hydrogen-bond acceptors (Lipinski definition) is 4. The summed E-state index contributed by atoms with van der Waals surface area (Å²) in [7, 11) is 1.68. The molecule has 2 rings (SSSR count). The Hall–Kier alpha value is -0.870. The molecule has 0 aromatic carbocycles. The van der Waals surface area contributed by atoms with Crippen LogP contribution in [0.2, 0.25) is 0 Å². The number of Topliss-reactive ketones (excluding diaryl/α,β-unsaturated/α-hetero) is 1. The van der Waals surface area contributed by atoms with Gasteiger partial charge >= 0.3 is 0 Å². The van der Waals surface area contributed by atoms with Gasteiger partial charge in [-0.15, -0.1) is 0 Å². The summed E-state index contributed by atoms with van der Waals surface area (Å²) in [4.78, 5) is 12.0. The molecular weight excluding hydrogens is 194 g/mol. The van der Waals surface area contributed by atoms with E-state index in [4.69, 9.17) is 9.47 Å². The standard InChI is InChI=1S/C11H17NO3/c1-14-9-5-10(12-6-9)11(13)8-3-2-4-15-7-8/h7,9-10,12H,2-6H2,1H3. The van der Waals surface area contributed by atoms with Crippen LogP contribution in [-0.2, 0) is 14.3 Å². The fourth-order valence-electron chi connectivity index (χ4n) is 2.05. The Morgan fingerprint density at radius 3 is 3.13 bits per heavy atom. The van der Waals surface area contributed by atoms with Gasteiger partial charge < -0.3 is 14.8 Å². The zero-order valence-electron chi connectivity index (χ0n) is 8.99. The number of methoxy groups -OCH3 is 1. The van der Waals surface area contributed by atoms with Crippen LogP contribution >= 0.6 is 0 Å². The van der Waals surface area contributed by atoms with E-state index in [9.17, 15) is 4.79 Å². The Kier molecular flexibility index (Phi) is 3.38. The van der Waals surface area contributed by atoms with Gasteiger partial charge in [0.05, 0.1) is 25.0 Å². The Labute approximate surface area is 89.6 Å². The second kappa shape index (κ2) is 4.77. The first-order valence-corrected chi connectivity index (χ1v) is 5.42. The van der Waals surface area contributed by atoms with Crippen LogP contribution in [0.15, 0.2) is 11.8 Å². The summed E-state index contributed by atoms with van der Waals surface area (Å²) in [5, 5.41) is 3.18. The van der Waals surface area contributed by atoms with E-state index >= 15 is 0 Å². The largest absolute Gasteiger partial charge is 0.501 e. The molecule has 4 nitrogen and oxygen atoms in total. The lowest BCUT2D eigenvalue weighted by atomic mass is 9.99. The average Bonchev–Trinajstić information content (AvgIpc) is 2.78. The van der Waals surface area contributed by atoms with Crippen LogP contribution in [0.3, 0.4) is 0 Å². The monoisotopic (exact) mass is 211 g/mol. The average molecular weight is 211 g/mol. The van der Waals surface area contributed by atoms with Gasteiger partial charge in [0, 0.05) is 19.2 Å². The van der Waals surface area contributed by atoms with Gasteiger partial charge in [-0.2, -0.15) is 0 Å². The first-order chi connectivity index (χ1) is 7.31. The second-order valence-corrected chi connectivity index (χ2v) is 4.04. The van der Waals surface area contributed by atoms with Gasteiger partial charge in [-0.25, -0.2) is 0 Å². The Morgan fingerprint density at radius 1 is 1.67 bits per heavy atom. The molecule has 84 valence electrons. The van der Waals surface area contributed by atoms with Gasteiger partial charge in [0.25, 0.3) is 0 Å². The zero-order valence-corrected chi connectivity index (χ0v) is 8.99. The van der Waals surface area contributed by atoms with Crippen molar-refractivity contribution in [3.05, 3.63) is 11.8 Å². The van der Waals surface area contributed by atoms with Crippen molar-refractivity contribution in [2.24, 2.45) is 0 Å². The Bertz CT molecular complexity index is 275. The summed E-state index contributed by atoms with van der Waals surface area (Å²) in [6.45, 7) is 1.50. The van der Waals surface area contributed by atoms with Crippen molar-refractivity contribution >= 4 is 5.78 Å². The highest BCUT2D eigenvalue weighted by molar-refractivity contribution is 5.99. The van der Waals surface area contributed by atoms with Gasteiger partial charge in [0.1, 0.15) is 0 Å². The van der Waals surface area contributed by atoms with Crippen LogP contribution in [0.5, 0.6) is 0 Å². The second-order valence-electron chi connectivity index (χ2n) is 4.04. The van der Waals surface area contributed by atoms with Crippen LogP contribution in [-0.4, -0.2) is 38.2 Å². The van der Waals surface area contributed by atoms with E-state index in [0.29, 0.717) is 0 Å². The minimum atomic E-state index is -0.0806. The minimum Gasteiger partial charge on any atom is -0.501 e. The van der Waals surface area contributed by atoms with Gasteiger partial charge in [-0.3, -0.25) is 4.79 Å². The van der Waals surface area contributed by atoms with Crippen LogP contribution in [0.1, 0.15) is 19.3 Å². The zero-order chi connectivity index (χ0) is 10.7. The summed E-state index contributed by atoms with van der Waals surface area (Å²) in [5.41, 5.74) is 0.815. The lowest BCUT2D eigenvalue weighted by Crippen LogP contribution is -2.32. The molecule has 0 amide bonds. The predicted octanol–water partition coefficient (Wildman–Crippen LogP) is 0.627. The van der Waals surface area contributed by atoms with Crippen LogP contribution < -0.4 is 5.32 Å². The van der Waals surface area contributed by atoms with Gasteiger partial charge in [0.2, 0.25) is 0 Å². The quantitative estimate of drug-likeness (QED) is 0.743. The van der Waals surface area contributed by atoms with E-state index < -0.39 is 0 Å². The number of ketones is 1. The van der Waals surface area contributed by atoms with Crippen LogP contribution in [0, 0.1) is 0 Å². The molecule has 0 aliphatic carbocycles. The molecule has 2 aliphatic rings. The van der Waals surface area contributed by atoms with Gasteiger partial charge in [-0.05, 0) is 19.3 Å². The highest BCUT2D eigenvalue weighted by Gasteiger charge is 2.31. The molecule has 0 radical (unpaired) electrons. The van der Waals surface area contributed by atoms with Crippen molar-refractivity contribution < 1.29 is 14.3 Å². The van der Waals surface area contributed by atoms with E-state index in [2.05, 4.69) is 5.32 Å². The molecule has 1 N–H and O–H groups in total. The van der Waals surface area contributed by atoms with Crippen molar-refractivity contribution in [3.63, 3.8) is 0 Å². The molecule has 2 atom stereocenters. The maximum Gasteiger partial charge on any atom is 0.178 e. The molecule has 2 heterocycles. The first kappa shape index (κ1) is 10.6. The fraction of sp³-hybridized carbons (Fsp3) is 0.727. The molecule has 15 heavy (non-hydrogen) atoms. The molecule has 0 spiro atoms. The lowest BCUT2D eigenvalue weighted by Gasteiger charge is -2.16. The lowest BCUT2D eigenvalue weighted by molar-refractivity contribution is -0.117. The predicted molar refractivity (Wildman–Crippen MR) is 55.5 cm³/mol.